The third-order valence-corrected chi connectivity index (χ3v) is 3.47. The summed E-state index contributed by atoms with van der Waals surface area (Å²) in [5, 5.41) is 4.19. The lowest BCUT2D eigenvalue weighted by molar-refractivity contribution is 0.0106. The minimum atomic E-state index is 0.761. The maximum atomic E-state index is 5.97. The number of morpholine rings is 1. The van der Waals surface area contributed by atoms with Gasteiger partial charge in [0.05, 0.1) is 13.2 Å². The van der Waals surface area contributed by atoms with Gasteiger partial charge >= 0.3 is 0 Å². The van der Waals surface area contributed by atoms with Crippen LogP contribution in [0.25, 0.3) is 10.9 Å². The number of fused-ring (bicyclic) bond motifs is 1. The van der Waals surface area contributed by atoms with Crippen LogP contribution in [-0.4, -0.2) is 36.3 Å². The molecule has 0 radical (unpaired) electrons. The van der Waals surface area contributed by atoms with Gasteiger partial charge in [0.25, 0.3) is 0 Å². The lowest BCUT2D eigenvalue weighted by Crippen LogP contribution is -2.45. The van der Waals surface area contributed by atoms with Crippen molar-refractivity contribution in [3.05, 3.63) is 35.0 Å². The smallest absolute Gasteiger partial charge is 0.0608 e. The Bertz CT molecular complexity index is 534. The first-order chi connectivity index (χ1) is 8.83. The largest absolute Gasteiger partial charge is 0.379 e. The number of H-pyrrole nitrogens is 1. The highest BCUT2D eigenvalue weighted by molar-refractivity contribution is 6.31. The molecule has 1 aliphatic heterocycles. The fourth-order valence-electron chi connectivity index (χ4n) is 2.22. The summed E-state index contributed by atoms with van der Waals surface area (Å²) < 4.78 is 5.32. The minimum absolute atomic E-state index is 0.761. The normalized spacial score (nSPS) is 17.4. The van der Waals surface area contributed by atoms with Crippen LogP contribution < -0.4 is 5.43 Å². The summed E-state index contributed by atoms with van der Waals surface area (Å²) in [6.07, 6.45) is 2.04. The van der Waals surface area contributed by atoms with Gasteiger partial charge in [0.2, 0.25) is 0 Å². The van der Waals surface area contributed by atoms with E-state index in [1.165, 1.54) is 10.9 Å². The molecule has 1 aliphatic rings. The molecule has 0 bridgehead atoms. The second-order valence-electron chi connectivity index (χ2n) is 4.44. The molecule has 3 rings (SSSR count). The Morgan fingerprint density at radius 1 is 1.33 bits per heavy atom. The van der Waals surface area contributed by atoms with Crippen LogP contribution in [0, 0.1) is 0 Å². The van der Waals surface area contributed by atoms with Gasteiger partial charge in [-0.05, 0) is 17.7 Å². The molecule has 0 amide bonds. The number of hydrazine groups is 1. The molecular formula is C13H16ClN3O. The molecule has 0 saturated carbocycles. The Hall–Kier alpha value is -1.07. The van der Waals surface area contributed by atoms with E-state index >= 15 is 0 Å². The van der Waals surface area contributed by atoms with Gasteiger partial charge in [0.15, 0.2) is 0 Å². The van der Waals surface area contributed by atoms with Crippen molar-refractivity contribution >= 4 is 22.5 Å². The first-order valence-corrected chi connectivity index (χ1v) is 6.52. The van der Waals surface area contributed by atoms with E-state index in [1.54, 1.807) is 0 Å². The van der Waals surface area contributed by atoms with Crippen molar-refractivity contribution in [2.75, 3.05) is 26.3 Å². The number of benzene rings is 1. The van der Waals surface area contributed by atoms with Crippen LogP contribution in [0.1, 0.15) is 5.56 Å². The van der Waals surface area contributed by atoms with Crippen molar-refractivity contribution in [1.82, 2.24) is 15.4 Å². The molecule has 0 atom stereocenters. The zero-order valence-corrected chi connectivity index (χ0v) is 10.8. The molecule has 5 heteroatoms. The SMILES string of the molecule is Clc1ccc2c(CNN3CCOCC3)c[nH]c2c1. The topological polar surface area (TPSA) is 40.3 Å². The number of hydrogen-bond acceptors (Lipinski definition) is 3. The average molecular weight is 266 g/mol. The zero-order valence-electron chi connectivity index (χ0n) is 10.1. The number of nitrogens with zero attached hydrogens (tertiary/aromatic N) is 1. The van der Waals surface area contributed by atoms with Gasteiger partial charge in [-0.1, -0.05) is 17.7 Å². The molecule has 1 aromatic carbocycles. The first kappa shape index (κ1) is 12.0. The number of ether oxygens (including phenoxy) is 1. The number of aromatic nitrogens is 1. The monoisotopic (exact) mass is 265 g/mol. The Morgan fingerprint density at radius 2 is 2.17 bits per heavy atom. The number of halogens is 1. The quantitative estimate of drug-likeness (QED) is 0.894. The van der Waals surface area contributed by atoms with Crippen LogP contribution in [0.15, 0.2) is 24.4 Å². The third kappa shape index (κ3) is 2.52. The van der Waals surface area contributed by atoms with E-state index in [-0.39, 0.29) is 0 Å². The molecule has 0 spiro atoms. The van der Waals surface area contributed by atoms with Gasteiger partial charge in [-0.2, -0.15) is 0 Å². The van der Waals surface area contributed by atoms with Crippen LogP contribution in [0.2, 0.25) is 5.02 Å². The summed E-state index contributed by atoms with van der Waals surface area (Å²) in [5.74, 6) is 0. The molecule has 2 heterocycles. The highest BCUT2D eigenvalue weighted by Gasteiger charge is 2.10. The van der Waals surface area contributed by atoms with Crippen LogP contribution in [0.3, 0.4) is 0 Å². The molecule has 2 N–H and O–H groups in total. The predicted octanol–water partition coefficient (Wildman–Crippen LogP) is 2.16. The van der Waals surface area contributed by atoms with Crippen LogP contribution >= 0.6 is 11.6 Å². The highest BCUT2D eigenvalue weighted by Crippen LogP contribution is 2.21. The summed E-state index contributed by atoms with van der Waals surface area (Å²) >= 11 is 5.97. The van der Waals surface area contributed by atoms with Crippen molar-refractivity contribution < 1.29 is 4.74 Å². The van der Waals surface area contributed by atoms with Crippen molar-refractivity contribution in [2.45, 2.75) is 6.54 Å². The summed E-state index contributed by atoms with van der Waals surface area (Å²) in [7, 11) is 0. The van der Waals surface area contributed by atoms with E-state index in [0.29, 0.717) is 0 Å². The molecule has 1 saturated heterocycles. The standard InChI is InChI=1S/C13H16ClN3O/c14-11-1-2-12-10(8-15-13(12)7-11)9-16-17-3-5-18-6-4-17/h1-2,7-8,15-16H,3-6,9H2. The van der Waals surface area contributed by atoms with Gasteiger partial charge in [0.1, 0.15) is 0 Å². The van der Waals surface area contributed by atoms with Gasteiger partial charge in [-0.15, -0.1) is 0 Å². The molecule has 0 aliphatic carbocycles. The third-order valence-electron chi connectivity index (χ3n) is 3.23. The Balaban J connectivity index is 1.70. The number of rotatable bonds is 3. The first-order valence-electron chi connectivity index (χ1n) is 6.14. The molecular weight excluding hydrogens is 250 g/mol. The van der Waals surface area contributed by atoms with Gasteiger partial charge in [-0.25, -0.2) is 5.01 Å². The molecule has 96 valence electrons. The molecule has 0 unspecified atom stereocenters. The maximum Gasteiger partial charge on any atom is 0.0608 e. The van der Waals surface area contributed by atoms with Gasteiger partial charge in [-0.3, -0.25) is 5.43 Å². The van der Waals surface area contributed by atoms with Crippen LogP contribution in [0.5, 0.6) is 0 Å². The minimum Gasteiger partial charge on any atom is -0.379 e. The van der Waals surface area contributed by atoms with E-state index in [1.807, 2.05) is 18.3 Å². The summed E-state index contributed by atoms with van der Waals surface area (Å²) in [6.45, 7) is 4.30. The second-order valence-corrected chi connectivity index (χ2v) is 4.87. The fraction of sp³-hybridized carbons (Fsp3) is 0.385. The van der Waals surface area contributed by atoms with Crippen molar-refractivity contribution in [1.29, 1.82) is 0 Å². The number of nitrogens with one attached hydrogen (secondary N) is 2. The van der Waals surface area contributed by atoms with Gasteiger partial charge < -0.3 is 9.72 Å². The lowest BCUT2D eigenvalue weighted by Gasteiger charge is -2.27. The van der Waals surface area contributed by atoms with E-state index in [0.717, 1.165) is 43.4 Å². The number of hydrogen-bond donors (Lipinski definition) is 2. The van der Waals surface area contributed by atoms with E-state index in [4.69, 9.17) is 16.3 Å². The van der Waals surface area contributed by atoms with Crippen molar-refractivity contribution in [3.63, 3.8) is 0 Å². The second kappa shape index (κ2) is 5.28. The Kier molecular flexibility index (Phi) is 3.52. The van der Waals surface area contributed by atoms with E-state index in [2.05, 4.69) is 21.5 Å². The van der Waals surface area contributed by atoms with Gasteiger partial charge in [0, 0.05) is 41.8 Å². The lowest BCUT2D eigenvalue weighted by atomic mass is 10.2. The Labute approximate surface area is 111 Å². The maximum absolute atomic E-state index is 5.97. The molecule has 4 nitrogen and oxygen atoms in total. The molecule has 2 aromatic rings. The Morgan fingerprint density at radius 3 is 3.00 bits per heavy atom. The van der Waals surface area contributed by atoms with E-state index in [9.17, 15) is 0 Å². The summed E-state index contributed by atoms with van der Waals surface area (Å²) in [5.41, 5.74) is 5.77. The average Bonchev–Trinajstić information content (AvgIpc) is 2.80. The molecule has 1 aromatic heterocycles. The van der Waals surface area contributed by atoms with Crippen molar-refractivity contribution in [3.8, 4) is 0 Å². The van der Waals surface area contributed by atoms with Crippen LogP contribution in [-0.2, 0) is 11.3 Å². The predicted molar refractivity (Wildman–Crippen MR) is 72.5 cm³/mol. The highest BCUT2D eigenvalue weighted by atomic mass is 35.5. The number of aromatic amines is 1. The summed E-state index contributed by atoms with van der Waals surface area (Å²) in [4.78, 5) is 3.25. The fourth-order valence-corrected chi connectivity index (χ4v) is 2.40. The molecule has 18 heavy (non-hydrogen) atoms. The molecule has 1 fully saturated rings. The summed E-state index contributed by atoms with van der Waals surface area (Å²) in [6, 6.07) is 5.94. The zero-order chi connectivity index (χ0) is 12.4. The van der Waals surface area contributed by atoms with Crippen LogP contribution in [0.4, 0.5) is 0 Å². The van der Waals surface area contributed by atoms with Crippen molar-refractivity contribution in [2.24, 2.45) is 0 Å². The van der Waals surface area contributed by atoms with E-state index < -0.39 is 0 Å².